The van der Waals surface area contributed by atoms with Gasteiger partial charge in [0.1, 0.15) is 18.5 Å². The van der Waals surface area contributed by atoms with Crippen LogP contribution in [-0.4, -0.2) is 36.6 Å². The second-order valence-electron chi connectivity index (χ2n) is 6.44. The quantitative estimate of drug-likeness (QED) is 0.712. The van der Waals surface area contributed by atoms with Gasteiger partial charge in [-0.3, -0.25) is 10.00 Å². The molecule has 0 saturated heterocycles. The number of nitrogens with zero attached hydrogens (tertiary/aromatic N) is 5. The van der Waals surface area contributed by atoms with Crippen molar-refractivity contribution in [3.05, 3.63) is 59.8 Å². The van der Waals surface area contributed by atoms with Gasteiger partial charge in [-0.15, -0.1) is 0 Å². The molecule has 0 aliphatic heterocycles. The number of aryl methyl sites for hydroxylation is 2. The van der Waals surface area contributed by atoms with Crippen molar-refractivity contribution in [2.75, 3.05) is 5.32 Å². The molecule has 2 aromatic heterocycles. The Bertz CT molecular complexity index is 870. The Morgan fingerprint density at radius 3 is 2.85 bits per heavy atom. The molecule has 2 N–H and O–H groups in total. The van der Waals surface area contributed by atoms with Crippen LogP contribution in [0.4, 0.5) is 10.6 Å². The lowest BCUT2D eigenvalue weighted by Crippen LogP contribution is -2.39. The topological polar surface area (TPSA) is 89.7 Å². The smallest absolute Gasteiger partial charge is 0.320 e. The van der Waals surface area contributed by atoms with Gasteiger partial charge in [0, 0.05) is 11.6 Å². The molecule has 0 aliphatic rings. The summed E-state index contributed by atoms with van der Waals surface area (Å²) >= 11 is 0. The van der Waals surface area contributed by atoms with Gasteiger partial charge < -0.3 is 5.32 Å². The fourth-order valence-corrected chi connectivity index (χ4v) is 2.77. The van der Waals surface area contributed by atoms with Crippen LogP contribution in [-0.2, 0) is 13.1 Å². The van der Waals surface area contributed by atoms with E-state index in [1.165, 1.54) is 11.9 Å². The SMILES string of the molecule is Cc1cccc(Cn2ncc(C)c2NC(=O)N[C@@H](C)Cn2cncn2)c1. The van der Waals surface area contributed by atoms with E-state index in [0.29, 0.717) is 18.9 Å². The molecule has 1 aromatic carbocycles. The first kappa shape index (κ1) is 17.7. The van der Waals surface area contributed by atoms with E-state index in [2.05, 4.69) is 44.9 Å². The molecule has 0 fully saturated rings. The maximum Gasteiger partial charge on any atom is 0.320 e. The molecule has 0 bridgehead atoms. The molecule has 8 nitrogen and oxygen atoms in total. The summed E-state index contributed by atoms with van der Waals surface area (Å²) in [4.78, 5) is 16.2. The molecule has 1 atom stereocenters. The zero-order valence-electron chi connectivity index (χ0n) is 15.2. The highest BCUT2D eigenvalue weighted by atomic mass is 16.2. The monoisotopic (exact) mass is 353 g/mol. The van der Waals surface area contributed by atoms with Gasteiger partial charge in [0.2, 0.25) is 0 Å². The summed E-state index contributed by atoms with van der Waals surface area (Å²) in [6.45, 7) is 7.04. The van der Waals surface area contributed by atoms with Gasteiger partial charge >= 0.3 is 6.03 Å². The Morgan fingerprint density at radius 2 is 2.12 bits per heavy atom. The van der Waals surface area contributed by atoms with Crippen LogP contribution in [0.3, 0.4) is 0 Å². The van der Waals surface area contributed by atoms with E-state index >= 15 is 0 Å². The third kappa shape index (κ3) is 4.47. The van der Waals surface area contributed by atoms with Gasteiger partial charge in [0.15, 0.2) is 0 Å². The average Bonchev–Trinajstić information content (AvgIpc) is 3.20. The maximum atomic E-state index is 12.4. The van der Waals surface area contributed by atoms with Gasteiger partial charge in [0.05, 0.1) is 19.3 Å². The van der Waals surface area contributed by atoms with Gasteiger partial charge in [-0.25, -0.2) is 14.5 Å². The zero-order chi connectivity index (χ0) is 18.5. The minimum Gasteiger partial charge on any atom is -0.334 e. The summed E-state index contributed by atoms with van der Waals surface area (Å²) in [6, 6.07) is 7.87. The summed E-state index contributed by atoms with van der Waals surface area (Å²) in [5.74, 6) is 0.692. The summed E-state index contributed by atoms with van der Waals surface area (Å²) in [5, 5.41) is 14.2. The molecule has 2 amide bonds. The Hall–Kier alpha value is -3.16. The van der Waals surface area contributed by atoms with Crippen LogP contribution in [0.25, 0.3) is 0 Å². The van der Waals surface area contributed by atoms with Crippen molar-refractivity contribution < 1.29 is 4.79 Å². The second-order valence-corrected chi connectivity index (χ2v) is 6.44. The van der Waals surface area contributed by atoms with Crippen molar-refractivity contribution in [1.82, 2.24) is 29.9 Å². The molecule has 26 heavy (non-hydrogen) atoms. The first-order valence-electron chi connectivity index (χ1n) is 8.49. The largest absolute Gasteiger partial charge is 0.334 e. The number of carbonyl (C=O) groups excluding carboxylic acids is 1. The lowest BCUT2D eigenvalue weighted by atomic mass is 10.1. The summed E-state index contributed by atoms with van der Waals surface area (Å²) < 4.78 is 3.48. The molecule has 8 heteroatoms. The van der Waals surface area contributed by atoms with Crippen LogP contribution < -0.4 is 10.6 Å². The molecule has 0 aliphatic carbocycles. The third-order valence-corrected chi connectivity index (χ3v) is 3.97. The highest BCUT2D eigenvalue weighted by molar-refractivity contribution is 5.89. The van der Waals surface area contributed by atoms with Crippen LogP contribution in [0, 0.1) is 13.8 Å². The molecule has 3 rings (SSSR count). The van der Waals surface area contributed by atoms with Crippen molar-refractivity contribution in [3.63, 3.8) is 0 Å². The minimum atomic E-state index is -0.272. The van der Waals surface area contributed by atoms with Crippen molar-refractivity contribution >= 4 is 11.8 Å². The molecule has 0 unspecified atom stereocenters. The van der Waals surface area contributed by atoms with Crippen molar-refractivity contribution in [2.24, 2.45) is 0 Å². The summed E-state index contributed by atoms with van der Waals surface area (Å²) in [5.41, 5.74) is 3.24. The van der Waals surface area contributed by atoms with Crippen LogP contribution in [0.2, 0.25) is 0 Å². The van der Waals surface area contributed by atoms with E-state index in [9.17, 15) is 4.79 Å². The standard InChI is InChI=1S/C18H23N7O/c1-13-5-4-6-16(7-13)10-25-17(14(2)8-20-25)23-18(26)22-15(3)9-24-12-19-11-21-24/h4-8,11-12,15H,9-10H2,1-3H3,(H2,22,23,26)/t15-/m0/s1. The molecule has 0 saturated carbocycles. The number of rotatable bonds is 6. The molecule has 3 aromatic rings. The number of urea groups is 1. The molecule has 2 heterocycles. The normalized spacial score (nSPS) is 12.0. The van der Waals surface area contributed by atoms with Crippen LogP contribution in [0.5, 0.6) is 0 Å². The lowest BCUT2D eigenvalue weighted by molar-refractivity contribution is 0.247. The van der Waals surface area contributed by atoms with E-state index in [0.717, 1.165) is 11.1 Å². The number of anilines is 1. The van der Waals surface area contributed by atoms with Gasteiger partial charge in [-0.2, -0.15) is 10.2 Å². The predicted molar refractivity (Wildman–Crippen MR) is 98.9 cm³/mol. The number of hydrogen-bond acceptors (Lipinski definition) is 4. The first-order chi connectivity index (χ1) is 12.5. The van der Waals surface area contributed by atoms with E-state index in [-0.39, 0.29) is 12.1 Å². The molecule has 0 radical (unpaired) electrons. The molecule has 136 valence electrons. The second kappa shape index (κ2) is 7.81. The fraction of sp³-hybridized carbons (Fsp3) is 0.333. The Labute approximate surface area is 152 Å². The summed E-state index contributed by atoms with van der Waals surface area (Å²) in [6.07, 6.45) is 4.85. The molecular formula is C18H23N7O. The maximum absolute atomic E-state index is 12.4. The van der Waals surface area contributed by atoms with Gasteiger partial charge in [-0.1, -0.05) is 29.8 Å². The van der Waals surface area contributed by atoms with Crippen LogP contribution >= 0.6 is 0 Å². The number of carbonyl (C=O) groups is 1. The fourth-order valence-electron chi connectivity index (χ4n) is 2.77. The van der Waals surface area contributed by atoms with Gasteiger partial charge in [-0.05, 0) is 26.3 Å². The predicted octanol–water partition coefficient (Wildman–Crippen LogP) is 2.35. The third-order valence-electron chi connectivity index (χ3n) is 3.97. The van der Waals surface area contributed by atoms with Crippen molar-refractivity contribution in [3.8, 4) is 0 Å². The minimum absolute atomic E-state index is 0.0925. The number of aromatic nitrogens is 5. The molecule has 0 spiro atoms. The number of amides is 2. The van der Waals surface area contributed by atoms with Crippen molar-refractivity contribution in [2.45, 2.75) is 39.9 Å². The Morgan fingerprint density at radius 1 is 1.27 bits per heavy atom. The molecular weight excluding hydrogens is 330 g/mol. The van der Waals surface area contributed by atoms with E-state index < -0.39 is 0 Å². The highest BCUT2D eigenvalue weighted by Gasteiger charge is 2.14. The van der Waals surface area contributed by atoms with Crippen molar-refractivity contribution in [1.29, 1.82) is 0 Å². The Kier molecular flexibility index (Phi) is 5.31. The summed E-state index contributed by atoms with van der Waals surface area (Å²) in [7, 11) is 0. The van der Waals surface area contributed by atoms with Crippen LogP contribution in [0.15, 0.2) is 43.1 Å². The average molecular weight is 353 g/mol. The Balaban J connectivity index is 1.63. The lowest BCUT2D eigenvalue weighted by Gasteiger charge is -2.16. The number of nitrogens with one attached hydrogen (secondary N) is 2. The van der Waals surface area contributed by atoms with Crippen LogP contribution in [0.1, 0.15) is 23.6 Å². The van der Waals surface area contributed by atoms with Gasteiger partial charge in [0.25, 0.3) is 0 Å². The number of hydrogen-bond donors (Lipinski definition) is 2. The van der Waals surface area contributed by atoms with E-state index in [1.807, 2.05) is 26.0 Å². The number of benzene rings is 1. The van der Waals surface area contributed by atoms with E-state index in [4.69, 9.17) is 0 Å². The zero-order valence-corrected chi connectivity index (χ0v) is 15.2. The first-order valence-corrected chi connectivity index (χ1v) is 8.49. The van der Waals surface area contributed by atoms with E-state index in [1.54, 1.807) is 21.9 Å². The highest BCUT2D eigenvalue weighted by Crippen LogP contribution is 2.16.